The summed E-state index contributed by atoms with van der Waals surface area (Å²) < 4.78 is 1.82. The molecule has 0 amide bonds. The third-order valence-electron chi connectivity index (χ3n) is 4.18. The molecule has 1 fully saturated rings. The van der Waals surface area contributed by atoms with E-state index < -0.39 is 0 Å². The molecule has 0 aromatic carbocycles. The van der Waals surface area contributed by atoms with E-state index in [-0.39, 0.29) is 6.61 Å². The van der Waals surface area contributed by atoms with Gasteiger partial charge >= 0.3 is 0 Å². The van der Waals surface area contributed by atoms with Gasteiger partial charge in [0.1, 0.15) is 5.82 Å². The van der Waals surface area contributed by atoms with Crippen LogP contribution in [0.4, 0.5) is 5.82 Å². The molecule has 20 heavy (non-hydrogen) atoms. The van der Waals surface area contributed by atoms with Gasteiger partial charge in [-0.15, -0.1) is 0 Å². The molecule has 1 unspecified atom stereocenters. The minimum absolute atomic E-state index is 0.0253. The van der Waals surface area contributed by atoms with E-state index in [1.807, 2.05) is 24.7 Å². The predicted octanol–water partition coefficient (Wildman–Crippen LogP) is 2.01. The van der Waals surface area contributed by atoms with Crippen molar-refractivity contribution in [1.82, 2.24) is 14.8 Å². The van der Waals surface area contributed by atoms with Crippen LogP contribution in [-0.2, 0) is 13.7 Å². The van der Waals surface area contributed by atoms with Crippen molar-refractivity contribution in [2.24, 2.45) is 13.0 Å². The molecule has 1 saturated heterocycles. The number of nitrogens with zero attached hydrogens (tertiary/aromatic N) is 4. The third-order valence-corrected chi connectivity index (χ3v) is 4.18. The summed E-state index contributed by atoms with van der Waals surface area (Å²) >= 11 is 0. The van der Waals surface area contributed by atoms with Crippen LogP contribution in [0.3, 0.4) is 0 Å². The van der Waals surface area contributed by atoms with Crippen LogP contribution in [0, 0.1) is 12.8 Å². The largest absolute Gasteiger partial charge is 0.392 e. The van der Waals surface area contributed by atoms with Gasteiger partial charge in [0.15, 0.2) is 5.65 Å². The summed E-state index contributed by atoms with van der Waals surface area (Å²) in [4.78, 5) is 7.10. The number of aliphatic hydroxyl groups is 1. The molecule has 0 bridgehead atoms. The molecule has 108 valence electrons. The van der Waals surface area contributed by atoms with E-state index in [2.05, 4.69) is 16.9 Å². The van der Waals surface area contributed by atoms with Gasteiger partial charge in [-0.25, -0.2) is 4.98 Å². The quantitative estimate of drug-likeness (QED) is 0.910. The van der Waals surface area contributed by atoms with Crippen LogP contribution in [0.2, 0.25) is 0 Å². The molecule has 2 aromatic heterocycles. The van der Waals surface area contributed by atoms with Gasteiger partial charge < -0.3 is 10.0 Å². The normalized spacial score (nSPS) is 19.8. The maximum absolute atomic E-state index is 9.68. The van der Waals surface area contributed by atoms with E-state index in [4.69, 9.17) is 4.98 Å². The molecule has 0 radical (unpaired) electrons. The first-order valence-corrected chi connectivity index (χ1v) is 7.29. The lowest BCUT2D eigenvalue weighted by atomic mass is 10.00. The summed E-state index contributed by atoms with van der Waals surface area (Å²) in [5.41, 5.74) is 2.76. The third kappa shape index (κ3) is 2.16. The summed E-state index contributed by atoms with van der Waals surface area (Å²) in [7, 11) is 1.92. The maximum atomic E-state index is 9.68. The van der Waals surface area contributed by atoms with E-state index in [9.17, 15) is 5.11 Å². The van der Waals surface area contributed by atoms with Crippen LogP contribution in [0.5, 0.6) is 0 Å². The van der Waals surface area contributed by atoms with Crippen molar-refractivity contribution < 1.29 is 5.11 Å². The lowest BCUT2D eigenvalue weighted by Gasteiger charge is -2.33. The summed E-state index contributed by atoms with van der Waals surface area (Å²) in [6.45, 7) is 6.32. The lowest BCUT2D eigenvalue weighted by molar-refractivity contribution is 0.281. The highest BCUT2D eigenvalue weighted by Crippen LogP contribution is 2.28. The second-order valence-electron chi connectivity index (χ2n) is 5.90. The number of fused-ring (bicyclic) bond motifs is 1. The van der Waals surface area contributed by atoms with Crippen molar-refractivity contribution in [2.45, 2.75) is 33.3 Å². The molecule has 1 aliphatic heterocycles. The molecule has 1 aliphatic rings. The van der Waals surface area contributed by atoms with E-state index in [0.717, 1.165) is 41.2 Å². The van der Waals surface area contributed by atoms with Gasteiger partial charge in [-0.2, -0.15) is 5.10 Å². The minimum Gasteiger partial charge on any atom is -0.392 e. The second-order valence-corrected chi connectivity index (χ2v) is 5.90. The van der Waals surface area contributed by atoms with Gasteiger partial charge in [0.05, 0.1) is 12.3 Å². The fraction of sp³-hybridized carbons (Fsp3) is 0.600. The van der Waals surface area contributed by atoms with Gasteiger partial charge in [0.2, 0.25) is 0 Å². The molecule has 3 rings (SSSR count). The Morgan fingerprint density at radius 2 is 2.25 bits per heavy atom. The van der Waals surface area contributed by atoms with Crippen LogP contribution >= 0.6 is 0 Å². The molecule has 1 N–H and O–H groups in total. The molecule has 2 aromatic rings. The van der Waals surface area contributed by atoms with Gasteiger partial charge in [-0.1, -0.05) is 6.92 Å². The smallest absolute Gasteiger partial charge is 0.160 e. The molecule has 1 atom stereocenters. The summed E-state index contributed by atoms with van der Waals surface area (Å²) in [5, 5.41) is 15.1. The molecule has 0 aliphatic carbocycles. The van der Waals surface area contributed by atoms with Crippen molar-refractivity contribution in [2.75, 3.05) is 18.0 Å². The number of anilines is 1. The zero-order chi connectivity index (χ0) is 14.3. The number of pyridine rings is 1. The number of hydrogen-bond acceptors (Lipinski definition) is 4. The Labute approximate surface area is 119 Å². The zero-order valence-electron chi connectivity index (χ0n) is 12.4. The Morgan fingerprint density at radius 3 is 2.95 bits per heavy atom. The fourth-order valence-corrected chi connectivity index (χ4v) is 3.15. The van der Waals surface area contributed by atoms with Crippen molar-refractivity contribution in [1.29, 1.82) is 0 Å². The average Bonchev–Trinajstić information content (AvgIpc) is 2.72. The Kier molecular flexibility index (Phi) is 3.38. The second kappa shape index (κ2) is 5.05. The molecule has 3 heterocycles. The van der Waals surface area contributed by atoms with Crippen LogP contribution in [0.1, 0.15) is 31.0 Å². The van der Waals surface area contributed by atoms with Crippen molar-refractivity contribution in [3.8, 4) is 0 Å². The number of aliphatic hydroxyl groups excluding tert-OH is 1. The first-order valence-electron chi connectivity index (χ1n) is 7.29. The Morgan fingerprint density at radius 1 is 1.45 bits per heavy atom. The number of piperidine rings is 1. The molecule has 5 nitrogen and oxygen atoms in total. The van der Waals surface area contributed by atoms with Gasteiger partial charge in [-0.3, -0.25) is 4.68 Å². The van der Waals surface area contributed by atoms with Crippen LogP contribution < -0.4 is 4.90 Å². The number of aromatic nitrogens is 3. The SMILES string of the molecule is Cc1nn(C)c2nc(N3CCCC(C)C3)c(CO)cc12. The molecular weight excluding hydrogens is 252 g/mol. The predicted molar refractivity (Wildman–Crippen MR) is 79.8 cm³/mol. The van der Waals surface area contributed by atoms with Crippen molar-refractivity contribution in [3.05, 3.63) is 17.3 Å². The first kappa shape index (κ1) is 13.4. The summed E-state index contributed by atoms with van der Waals surface area (Å²) in [5.74, 6) is 1.61. The standard InChI is InChI=1S/C15H22N4O/c1-10-5-4-6-19(8-10)14-12(9-20)7-13-11(2)17-18(3)15(13)16-14/h7,10,20H,4-6,8-9H2,1-3H3. The minimum atomic E-state index is 0.0253. The van der Waals surface area contributed by atoms with E-state index >= 15 is 0 Å². The van der Waals surface area contributed by atoms with Crippen LogP contribution in [0.25, 0.3) is 11.0 Å². The van der Waals surface area contributed by atoms with E-state index in [1.165, 1.54) is 12.8 Å². The fourth-order valence-electron chi connectivity index (χ4n) is 3.15. The Hall–Kier alpha value is -1.62. The van der Waals surface area contributed by atoms with Gasteiger partial charge in [0.25, 0.3) is 0 Å². The maximum Gasteiger partial charge on any atom is 0.160 e. The summed E-state index contributed by atoms with van der Waals surface area (Å²) in [6.07, 6.45) is 2.47. The highest BCUT2D eigenvalue weighted by molar-refractivity contribution is 5.81. The first-order chi connectivity index (χ1) is 9.60. The highest BCUT2D eigenvalue weighted by Gasteiger charge is 2.21. The van der Waals surface area contributed by atoms with Crippen LogP contribution in [-0.4, -0.2) is 33.0 Å². The van der Waals surface area contributed by atoms with E-state index in [0.29, 0.717) is 5.92 Å². The number of rotatable bonds is 2. The summed E-state index contributed by atoms with van der Waals surface area (Å²) in [6, 6.07) is 2.04. The number of aryl methyl sites for hydroxylation is 2. The Balaban J connectivity index is 2.11. The lowest BCUT2D eigenvalue weighted by Crippen LogP contribution is -2.35. The van der Waals surface area contributed by atoms with Crippen molar-refractivity contribution >= 4 is 16.9 Å². The topological polar surface area (TPSA) is 54.2 Å². The molecule has 0 saturated carbocycles. The average molecular weight is 274 g/mol. The van der Waals surface area contributed by atoms with Gasteiger partial charge in [-0.05, 0) is 31.7 Å². The number of hydrogen-bond donors (Lipinski definition) is 1. The zero-order valence-corrected chi connectivity index (χ0v) is 12.4. The molecule has 0 spiro atoms. The van der Waals surface area contributed by atoms with Crippen molar-refractivity contribution in [3.63, 3.8) is 0 Å². The van der Waals surface area contributed by atoms with Gasteiger partial charge in [0, 0.05) is 31.1 Å². The molecule has 5 heteroatoms. The van der Waals surface area contributed by atoms with E-state index in [1.54, 1.807) is 0 Å². The monoisotopic (exact) mass is 274 g/mol. The van der Waals surface area contributed by atoms with Crippen LogP contribution in [0.15, 0.2) is 6.07 Å². The molecular formula is C15H22N4O. The Bertz CT molecular complexity index is 634. The highest BCUT2D eigenvalue weighted by atomic mass is 16.3.